The lowest BCUT2D eigenvalue weighted by atomic mass is 10.2. The summed E-state index contributed by atoms with van der Waals surface area (Å²) < 4.78 is 4.14. The van der Waals surface area contributed by atoms with Crippen molar-refractivity contribution in [2.75, 3.05) is 13.6 Å². The second-order valence-corrected chi connectivity index (χ2v) is 7.38. The predicted octanol–water partition coefficient (Wildman–Crippen LogP) is 2.12. The molecule has 0 aliphatic heterocycles. The van der Waals surface area contributed by atoms with Crippen molar-refractivity contribution in [3.63, 3.8) is 0 Å². The van der Waals surface area contributed by atoms with Crippen LogP contribution < -0.4 is 5.56 Å². The summed E-state index contributed by atoms with van der Waals surface area (Å²) in [4.78, 5) is 31.2. The van der Waals surface area contributed by atoms with Crippen molar-refractivity contribution in [2.45, 2.75) is 19.9 Å². The van der Waals surface area contributed by atoms with Crippen LogP contribution in [0.4, 0.5) is 0 Å². The Morgan fingerprint density at radius 3 is 2.89 bits per heavy atom. The molecule has 0 aliphatic carbocycles. The second-order valence-electron chi connectivity index (χ2n) is 6.43. The van der Waals surface area contributed by atoms with Crippen molar-refractivity contribution in [1.82, 2.24) is 24.1 Å². The van der Waals surface area contributed by atoms with Gasteiger partial charge in [-0.05, 0) is 36.6 Å². The number of hydrogen-bond acceptors (Lipinski definition) is 5. The van der Waals surface area contributed by atoms with Gasteiger partial charge in [-0.1, -0.05) is 6.07 Å². The van der Waals surface area contributed by atoms with Crippen molar-refractivity contribution in [1.29, 1.82) is 0 Å². The van der Waals surface area contributed by atoms with Gasteiger partial charge in [0, 0.05) is 31.9 Å². The molecule has 0 aliphatic rings. The van der Waals surface area contributed by atoms with Gasteiger partial charge in [-0.3, -0.25) is 19.0 Å². The summed E-state index contributed by atoms with van der Waals surface area (Å²) in [6, 6.07) is 9.55. The van der Waals surface area contributed by atoms with Crippen molar-refractivity contribution in [2.24, 2.45) is 0 Å². The fraction of sp³-hybridized carbons (Fsp3) is 0.263. The fourth-order valence-corrected chi connectivity index (χ4v) is 3.94. The zero-order valence-corrected chi connectivity index (χ0v) is 15.9. The average molecular weight is 381 g/mol. The molecule has 0 radical (unpaired) electrons. The molecule has 0 N–H and O–H groups in total. The molecule has 27 heavy (non-hydrogen) atoms. The molecular weight excluding hydrogens is 362 g/mol. The van der Waals surface area contributed by atoms with Crippen LogP contribution in [0.15, 0.2) is 46.7 Å². The Hall–Kier alpha value is -3.00. The van der Waals surface area contributed by atoms with E-state index in [1.54, 1.807) is 29.5 Å². The van der Waals surface area contributed by atoms with Crippen LogP contribution in [-0.2, 0) is 17.8 Å². The van der Waals surface area contributed by atoms with Crippen LogP contribution in [0.25, 0.3) is 15.7 Å². The Balaban J connectivity index is 1.54. The fourth-order valence-electron chi connectivity index (χ4n) is 3.14. The third kappa shape index (κ3) is 3.23. The van der Waals surface area contributed by atoms with Gasteiger partial charge in [0.05, 0.1) is 10.2 Å². The number of carbonyl (C=O) groups excluding carboxylic acids is 1. The molecule has 0 unspecified atom stereocenters. The number of thiophene rings is 1. The first kappa shape index (κ1) is 17.4. The number of pyridine rings is 1. The van der Waals surface area contributed by atoms with E-state index in [4.69, 9.17) is 0 Å². The molecule has 4 aromatic rings. The number of carbonyl (C=O) groups is 1. The van der Waals surface area contributed by atoms with E-state index >= 15 is 0 Å². The summed E-state index contributed by atoms with van der Waals surface area (Å²) in [5.41, 5.74) is 2.20. The van der Waals surface area contributed by atoms with E-state index in [9.17, 15) is 9.59 Å². The minimum absolute atomic E-state index is 0.0757. The van der Waals surface area contributed by atoms with Gasteiger partial charge in [-0.15, -0.1) is 11.3 Å². The van der Waals surface area contributed by atoms with E-state index in [1.165, 1.54) is 4.68 Å². The smallest absolute Gasteiger partial charge is 0.291 e. The molecule has 0 aromatic carbocycles. The topological polar surface area (TPSA) is 72.5 Å². The van der Waals surface area contributed by atoms with Crippen molar-refractivity contribution < 1.29 is 4.79 Å². The molecule has 0 atom stereocenters. The highest BCUT2D eigenvalue weighted by atomic mass is 32.1. The maximum absolute atomic E-state index is 12.8. The van der Waals surface area contributed by atoms with Crippen LogP contribution in [0.5, 0.6) is 0 Å². The van der Waals surface area contributed by atoms with E-state index in [2.05, 4.69) is 10.1 Å². The number of likely N-dealkylation sites (N-methyl/N-ethyl adjacent to an activating group) is 1. The summed E-state index contributed by atoms with van der Waals surface area (Å²) >= 11 is 1.58. The third-order valence-corrected chi connectivity index (χ3v) is 5.46. The third-order valence-electron chi connectivity index (χ3n) is 4.61. The van der Waals surface area contributed by atoms with E-state index in [0.29, 0.717) is 24.3 Å². The molecule has 0 saturated carbocycles. The molecule has 4 rings (SSSR count). The molecule has 4 heterocycles. The molecule has 138 valence electrons. The van der Waals surface area contributed by atoms with Crippen LogP contribution in [0, 0.1) is 6.92 Å². The van der Waals surface area contributed by atoms with Crippen LogP contribution in [0.2, 0.25) is 0 Å². The summed E-state index contributed by atoms with van der Waals surface area (Å²) in [5, 5.41) is 6.34. The maximum Gasteiger partial charge on any atom is 0.291 e. The largest absolute Gasteiger partial charge is 0.344 e. The van der Waals surface area contributed by atoms with Gasteiger partial charge in [-0.2, -0.15) is 5.10 Å². The quantitative estimate of drug-likeness (QED) is 0.531. The lowest BCUT2D eigenvalue weighted by Crippen LogP contribution is -2.37. The number of fused-ring (bicyclic) bond motifs is 3. The van der Waals surface area contributed by atoms with Gasteiger partial charge in [0.15, 0.2) is 0 Å². The first-order chi connectivity index (χ1) is 13.0. The van der Waals surface area contributed by atoms with Crippen molar-refractivity contribution in [3.8, 4) is 0 Å². The van der Waals surface area contributed by atoms with Gasteiger partial charge in [0.2, 0.25) is 5.91 Å². The number of hydrogen-bond donors (Lipinski definition) is 0. The maximum atomic E-state index is 12.8. The highest BCUT2D eigenvalue weighted by Gasteiger charge is 2.16. The predicted molar refractivity (Wildman–Crippen MR) is 105 cm³/mol. The Labute approximate surface area is 159 Å². The monoisotopic (exact) mass is 381 g/mol. The summed E-state index contributed by atoms with van der Waals surface area (Å²) in [6.45, 7) is 2.30. The lowest BCUT2D eigenvalue weighted by Gasteiger charge is -2.17. The first-order valence-corrected chi connectivity index (χ1v) is 9.53. The Morgan fingerprint density at radius 1 is 1.26 bits per heavy atom. The molecule has 1 amide bonds. The normalized spacial score (nSPS) is 11.3. The highest BCUT2D eigenvalue weighted by molar-refractivity contribution is 7.17. The van der Waals surface area contributed by atoms with Gasteiger partial charge in [-0.25, -0.2) is 4.68 Å². The summed E-state index contributed by atoms with van der Waals surface area (Å²) in [5.74, 6) is 0.527. The Bertz CT molecular complexity index is 1180. The first-order valence-electron chi connectivity index (χ1n) is 8.65. The SMILES string of the molecule is Cc1nn(CC(=O)N(C)CCc2ccccn2)c(=O)c2cc3sccc3n12. The summed E-state index contributed by atoms with van der Waals surface area (Å²) in [7, 11) is 1.73. The van der Waals surface area contributed by atoms with E-state index < -0.39 is 0 Å². The number of aryl methyl sites for hydroxylation is 1. The van der Waals surface area contributed by atoms with E-state index in [-0.39, 0.29) is 18.0 Å². The lowest BCUT2D eigenvalue weighted by molar-refractivity contribution is -0.130. The van der Waals surface area contributed by atoms with Crippen LogP contribution in [0.1, 0.15) is 11.5 Å². The number of amides is 1. The molecule has 8 heteroatoms. The van der Waals surface area contributed by atoms with Gasteiger partial charge >= 0.3 is 0 Å². The van der Waals surface area contributed by atoms with E-state index in [1.807, 2.05) is 47.0 Å². The molecule has 0 spiro atoms. The number of rotatable bonds is 5. The molecular formula is C19H19N5O2S. The van der Waals surface area contributed by atoms with Gasteiger partial charge in [0.1, 0.15) is 17.9 Å². The van der Waals surface area contributed by atoms with Crippen molar-refractivity contribution in [3.05, 3.63) is 63.8 Å². The average Bonchev–Trinajstić information content (AvgIpc) is 3.26. The number of aromatic nitrogens is 4. The van der Waals surface area contributed by atoms with Crippen LogP contribution in [0.3, 0.4) is 0 Å². The van der Waals surface area contributed by atoms with Gasteiger partial charge < -0.3 is 4.90 Å². The molecule has 0 fully saturated rings. The summed E-state index contributed by atoms with van der Waals surface area (Å²) in [6.07, 6.45) is 2.40. The minimum Gasteiger partial charge on any atom is -0.344 e. The van der Waals surface area contributed by atoms with Gasteiger partial charge in [0.25, 0.3) is 5.56 Å². The zero-order chi connectivity index (χ0) is 19.0. The second kappa shape index (κ2) is 6.96. The van der Waals surface area contributed by atoms with E-state index in [0.717, 1.165) is 15.9 Å². The van der Waals surface area contributed by atoms with Crippen LogP contribution in [-0.4, -0.2) is 43.6 Å². The zero-order valence-electron chi connectivity index (χ0n) is 15.1. The van der Waals surface area contributed by atoms with Crippen molar-refractivity contribution >= 4 is 33.0 Å². The highest BCUT2D eigenvalue weighted by Crippen LogP contribution is 2.24. The number of nitrogens with zero attached hydrogens (tertiary/aromatic N) is 5. The molecule has 0 saturated heterocycles. The minimum atomic E-state index is -0.254. The Morgan fingerprint density at radius 2 is 2.11 bits per heavy atom. The molecule has 7 nitrogen and oxygen atoms in total. The Kier molecular flexibility index (Phi) is 4.49. The molecule has 4 aromatic heterocycles. The standard InChI is InChI=1S/C19H19N5O2S/c1-13-21-23(19(26)16-11-17-15(24(13)16)7-10-27-17)12-18(25)22(2)9-6-14-5-3-4-8-20-14/h3-5,7-8,10-11H,6,9,12H2,1-2H3. The molecule has 0 bridgehead atoms. The van der Waals surface area contributed by atoms with Crippen LogP contribution >= 0.6 is 11.3 Å².